The van der Waals surface area contributed by atoms with Crippen molar-refractivity contribution in [2.24, 2.45) is 0 Å². The van der Waals surface area contributed by atoms with E-state index in [9.17, 15) is 19.7 Å². The number of aromatic nitrogens is 2. The largest absolute Gasteiger partial charge is 0.472 e. The van der Waals surface area contributed by atoms with E-state index in [-0.39, 0.29) is 29.4 Å². The Kier molecular flexibility index (Phi) is 3.17. The van der Waals surface area contributed by atoms with Crippen LogP contribution in [-0.4, -0.2) is 31.8 Å². The van der Waals surface area contributed by atoms with Gasteiger partial charge in [0.2, 0.25) is 0 Å². The van der Waals surface area contributed by atoms with Crippen molar-refractivity contribution >= 4 is 17.5 Å². The number of carbonyl (C=O) groups is 2. The molecule has 2 amide bonds. The molecule has 0 atom stereocenters. The monoisotopic (exact) mass is 340 g/mol. The summed E-state index contributed by atoms with van der Waals surface area (Å²) in [6.07, 6.45) is 2.84. The number of carbonyl (C=O) groups excluding carboxylic acids is 2. The summed E-state index contributed by atoms with van der Waals surface area (Å²) in [6, 6.07) is 5.52. The summed E-state index contributed by atoms with van der Waals surface area (Å²) >= 11 is 0. The van der Waals surface area contributed by atoms with E-state index < -0.39 is 22.4 Å². The number of nitro benzene ring substituents is 1. The fourth-order valence-corrected chi connectivity index (χ4v) is 2.57. The smallest absolute Gasteiger partial charge is 0.282 e. The molecule has 3 aromatic rings. The Bertz CT molecular complexity index is 1010. The summed E-state index contributed by atoms with van der Waals surface area (Å²) in [5.41, 5.74) is -0.101. The molecule has 25 heavy (non-hydrogen) atoms. The minimum atomic E-state index is -0.762. The van der Waals surface area contributed by atoms with Crippen molar-refractivity contribution in [3.63, 3.8) is 0 Å². The van der Waals surface area contributed by atoms with Gasteiger partial charge < -0.3 is 8.94 Å². The van der Waals surface area contributed by atoms with E-state index in [0.717, 1.165) is 4.90 Å². The van der Waals surface area contributed by atoms with Crippen LogP contribution in [0.25, 0.3) is 11.5 Å². The zero-order chi connectivity index (χ0) is 17.6. The highest BCUT2D eigenvalue weighted by molar-refractivity contribution is 6.23. The van der Waals surface area contributed by atoms with Gasteiger partial charge in [0, 0.05) is 6.07 Å². The summed E-state index contributed by atoms with van der Waals surface area (Å²) in [7, 11) is 0. The first-order chi connectivity index (χ1) is 12.1. The molecule has 0 saturated heterocycles. The molecule has 0 spiro atoms. The molecule has 0 unspecified atom stereocenters. The molecule has 0 aliphatic carbocycles. The van der Waals surface area contributed by atoms with Crippen LogP contribution < -0.4 is 0 Å². The van der Waals surface area contributed by atoms with E-state index in [1.165, 1.54) is 30.7 Å². The first-order valence-corrected chi connectivity index (χ1v) is 7.05. The number of fused-ring (bicyclic) bond motifs is 1. The number of amides is 2. The van der Waals surface area contributed by atoms with Crippen LogP contribution in [0.1, 0.15) is 26.5 Å². The van der Waals surface area contributed by atoms with E-state index in [4.69, 9.17) is 8.94 Å². The number of imide groups is 1. The maximum atomic E-state index is 12.5. The lowest BCUT2D eigenvalue weighted by Crippen LogP contribution is -2.29. The number of benzene rings is 1. The topological polar surface area (TPSA) is 133 Å². The van der Waals surface area contributed by atoms with Crippen LogP contribution in [0.15, 0.2) is 45.7 Å². The Balaban J connectivity index is 1.65. The number of furan rings is 1. The Morgan fingerprint density at radius 2 is 2.04 bits per heavy atom. The molecule has 0 saturated carbocycles. The lowest BCUT2D eigenvalue weighted by molar-refractivity contribution is -0.385. The number of hydrogen-bond donors (Lipinski definition) is 0. The highest BCUT2D eigenvalue weighted by atomic mass is 16.6. The predicted octanol–water partition coefficient (Wildman–Crippen LogP) is 2.03. The summed E-state index contributed by atoms with van der Waals surface area (Å²) in [5, 5.41) is 14.8. The number of nitro groups is 1. The van der Waals surface area contributed by atoms with Gasteiger partial charge in [0.1, 0.15) is 11.8 Å². The van der Waals surface area contributed by atoms with Crippen molar-refractivity contribution < 1.29 is 23.5 Å². The lowest BCUT2D eigenvalue weighted by atomic mass is 10.1. The highest BCUT2D eigenvalue weighted by Crippen LogP contribution is 2.31. The van der Waals surface area contributed by atoms with Crippen LogP contribution in [-0.2, 0) is 6.54 Å². The summed E-state index contributed by atoms with van der Waals surface area (Å²) in [4.78, 5) is 40.2. The third kappa shape index (κ3) is 2.27. The van der Waals surface area contributed by atoms with Crippen LogP contribution in [0.2, 0.25) is 0 Å². The maximum Gasteiger partial charge on any atom is 0.282 e. The summed E-state index contributed by atoms with van der Waals surface area (Å²) in [5.74, 6) is -1.14. The molecule has 1 aliphatic heterocycles. The van der Waals surface area contributed by atoms with Gasteiger partial charge >= 0.3 is 0 Å². The van der Waals surface area contributed by atoms with Gasteiger partial charge in [0.25, 0.3) is 23.4 Å². The molecule has 0 bridgehead atoms. The molecular formula is C15H8N4O6. The normalized spacial score (nSPS) is 13.4. The van der Waals surface area contributed by atoms with Crippen LogP contribution >= 0.6 is 0 Å². The quantitative estimate of drug-likeness (QED) is 0.400. The van der Waals surface area contributed by atoms with Gasteiger partial charge in [-0.05, 0) is 12.1 Å². The van der Waals surface area contributed by atoms with E-state index in [1.807, 2.05) is 0 Å². The second-order valence-corrected chi connectivity index (χ2v) is 5.18. The molecular weight excluding hydrogens is 332 g/mol. The molecule has 124 valence electrons. The SMILES string of the molecule is O=C1c2cccc([N+](=O)[O-])c2C(=O)N1Cc1noc(-c2ccoc2)n1. The maximum absolute atomic E-state index is 12.5. The van der Waals surface area contributed by atoms with Crippen molar-refractivity contribution in [2.45, 2.75) is 6.54 Å². The Hall–Kier alpha value is -3.82. The molecule has 10 heteroatoms. The summed E-state index contributed by atoms with van der Waals surface area (Å²) < 4.78 is 9.96. The Morgan fingerprint density at radius 1 is 1.20 bits per heavy atom. The zero-order valence-corrected chi connectivity index (χ0v) is 12.4. The fraction of sp³-hybridized carbons (Fsp3) is 0.0667. The minimum absolute atomic E-state index is 0.0160. The molecule has 0 fully saturated rings. The van der Waals surface area contributed by atoms with E-state index >= 15 is 0 Å². The Labute approximate surface area is 138 Å². The molecule has 3 heterocycles. The second-order valence-electron chi connectivity index (χ2n) is 5.18. The average molecular weight is 340 g/mol. The molecule has 1 aromatic carbocycles. The van der Waals surface area contributed by atoms with Crippen molar-refractivity contribution in [1.29, 1.82) is 0 Å². The van der Waals surface area contributed by atoms with Gasteiger partial charge in [-0.2, -0.15) is 4.98 Å². The highest BCUT2D eigenvalue weighted by Gasteiger charge is 2.41. The number of rotatable bonds is 4. The van der Waals surface area contributed by atoms with Crippen LogP contribution in [0, 0.1) is 10.1 Å². The van der Waals surface area contributed by atoms with Crippen molar-refractivity contribution in [2.75, 3.05) is 0 Å². The van der Waals surface area contributed by atoms with Gasteiger partial charge in [-0.3, -0.25) is 24.6 Å². The molecule has 1 aliphatic rings. The second kappa shape index (κ2) is 5.37. The van der Waals surface area contributed by atoms with Crippen molar-refractivity contribution in [3.05, 3.63) is 63.9 Å². The fourth-order valence-electron chi connectivity index (χ4n) is 2.57. The van der Waals surface area contributed by atoms with Gasteiger partial charge in [0.15, 0.2) is 5.82 Å². The van der Waals surface area contributed by atoms with Crippen LogP contribution in [0.4, 0.5) is 5.69 Å². The molecule has 0 N–H and O–H groups in total. The van der Waals surface area contributed by atoms with Gasteiger partial charge in [-0.1, -0.05) is 11.2 Å². The molecule has 2 aromatic heterocycles. The summed E-state index contributed by atoms with van der Waals surface area (Å²) in [6.45, 7) is -0.259. The first-order valence-electron chi connectivity index (χ1n) is 7.05. The van der Waals surface area contributed by atoms with Crippen LogP contribution in [0.5, 0.6) is 0 Å². The molecule has 10 nitrogen and oxygen atoms in total. The van der Waals surface area contributed by atoms with Crippen LogP contribution in [0.3, 0.4) is 0 Å². The van der Waals surface area contributed by atoms with E-state index in [2.05, 4.69) is 10.1 Å². The third-order valence-corrected chi connectivity index (χ3v) is 3.71. The first kappa shape index (κ1) is 14.8. The lowest BCUT2D eigenvalue weighted by Gasteiger charge is -2.10. The third-order valence-electron chi connectivity index (χ3n) is 3.71. The minimum Gasteiger partial charge on any atom is -0.472 e. The number of hydrogen-bond acceptors (Lipinski definition) is 8. The van der Waals surface area contributed by atoms with Crippen molar-refractivity contribution in [1.82, 2.24) is 15.0 Å². The van der Waals surface area contributed by atoms with Crippen molar-refractivity contribution in [3.8, 4) is 11.5 Å². The number of nitrogens with zero attached hydrogens (tertiary/aromatic N) is 4. The van der Waals surface area contributed by atoms with Gasteiger partial charge in [-0.25, -0.2) is 0 Å². The average Bonchev–Trinajstić information content (AvgIpc) is 3.32. The Morgan fingerprint density at radius 3 is 2.76 bits per heavy atom. The molecule has 0 radical (unpaired) electrons. The molecule has 4 rings (SSSR count). The van der Waals surface area contributed by atoms with Gasteiger partial charge in [-0.15, -0.1) is 0 Å². The predicted molar refractivity (Wildman–Crippen MR) is 79.3 cm³/mol. The standard InChI is InChI=1S/C15H8N4O6/c20-14-9-2-1-3-10(19(22)23)12(9)15(21)18(14)6-11-16-13(25-17-11)8-4-5-24-7-8/h1-5,7H,6H2. The zero-order valence-electron chi connectivity index (χ0n) is 12.4. The van der Waals surface area contributed by atoms with Gasteiger partial charge in [0.05, 0.1) is 28.9 Å². The van der Waals surface area contributed by atoms with E-state index in [0.29, 0.717) is 5.56 Å². The van der Waals surface area contributed by atoms with E-state index in [1.54, 1.807) is 6.07 Å².